The molecule has 1 amide bonds. The Balaban J connectivity index is 1.75. The van der Waals surface area contributed by atoms with Crippen LogP contribution in [0.2, 0.25) is 10.2 Å². The molecule has 0 bridgehead atoms. The topological polar surface area (TPSA) is 71.2 Å². The van der Waals surface area contributed by atoms with E-state index in [2.05, 4.69) is 11.2 Å². The number of aromatic nitrogens is 2. The molecule has 0 N–H and O–H groups in total. The molecule has 0 atom stereocenters. The summed E-state index contributed by atoms with van der Waals surface area (Å²) in [7, 11) is 0. The van der Waals surface area contributed by atoms with E-state index in [-0.39, 0.29) is 11.9 Å². The molecule has 6 nitrogen and oxygen atoms in total. The third kappa shape index (κ3) is 5.63. The van der Waals surface area contributed by atoms with E-state index >= 15 is 0 Å². The zero-order chi connectivity index (χ0) is 21.5. The first-order valence-electron chi connectivity index (χ1n) is 9.90. The van der Waals surface area contributed by atoms with Gasteiger partial charge in [-0.25, -0.2) is 4.68 Å². The summed E-state index contributed by atoms with van der Waals surface area (Å²) in [6.07, 6.45) is 5.10. The maximum Gasteiger partial charge on any atom is 0.246 e. The molecular formula is C22H24Cl2N4O2. The lowest BCUT2D eigenvalue weighted by Crippen LogP contribution is -2.43. The molecule has 8 heteroatoms. The zero-order valence-corrected chi connectivity index (χ0v) is 18.4. The van der Waals surface area contributed by atoms with Crippen molar-refractivity contribution in [3.63, 3.8) is 0 Å². The summed E-state index contributed by atoms with van der Waals surface area (Å²) in [5.74, 6) is -0.127. The van der Waals surface area contributed by atoms with Crippen molar-refractivity contribution < 1.29 is 9.53 Å². The minimum Gasteiger partial charge on any atom is -0.381 e. The summed E-state index contributed by atoms with van der Waals surface area (Å²) < 4.78 is 7.10. The van der Waals surface area contributed by atoms with Crippen LogP contribution in [0.1, 0.15) is 36.1 Å². The average Bonchev–Trinajstić information content (AvgIpc) is 3.01. The number of halogens is 2. The molecule has 1 saturated heterocycles. The second-order valence-corrected chi connectivity index (χ2v) is 7.99. The van der Waals surface area contributed by atoms with Gasteiger partial charge in [0.2, 0.25) is 5.91 Å². The summed E-state index contributed by atoms with van der Waals surface area (Å²) >= 11 is 12.5. The van der Waals surface area contributed by atoms with Gasteiger partial charge in [0.05, 0.1) is 24.7 Å². The van der Waals surface area contributed by atoms with Crippen molar-refractivity contribution in [2.75, 3.05) is 19.8 Å². The molecule has 1 aliphatic heterocycles. The number of aryl methyl sites for hydroxylation is 1. The van der Waals surface area contributed by atoms with Gasteiger partial charge in [-0.3, -0.25) is 4.79 Å². The number of nitriles is 1. The molecular weight excluding hydrogens is 423 g/mol. The number of carbonyl (C=O) groups is 1. The smallest absolute Gasteiger partial charge is 0.246 e. The third-order valence-corrected chi connectivity index (χ3v) is 5.78. The minimum absolute atomic E-state index is 0.0912. The Morgan fingerprint density at radius 1 is 1.33 bits per heavy atom. The molecule has 2 heterocycles. The van der Waals surface area contributed by atoms with Crippen molar-refractivity contribution >= 4 is 35.2 Å². The highest BCUT2D eigenvalue weighted by atomic mass is 35.5. The maximum atomic E-state index is 12.9. The van der Waals surface area contributed by atoms with Crippen LogP contribution in [0, 0.1) is 18.3 Å². The Hall–Kier alpha value is -2.33. The van der Waals surface area contributed by atoms with Crippen LogP contribution in [0.25, 0.3) is 6.08 Å². The first kappa shape index (κ1) is 22.4. The third-order valence-electron chi connectivity index (χ3n) is 5.13. The molecule has 0 aliphatic carbocycles. The summed E-state index contributed by atoms with van der Waals surface area (Å²) in [5.41, 5.74) is 2.48. The minimum atomic E-state index is -0.127. The van der Waals surface area contributed by atoms with E-state index in [1.54, 1.807) is 15.7 Å². The zero-order valence-electron chi connectivity index (χ0n) is 16.9. The highest BCUT2D eigenvalue weighted by molar-refractivity contribution is 6.31. The van der Waals surface area contributed by atoms with Gasteiger partial charge in [-0.15, -0.1) is 0 Å². The summed E-state index contributed by atoms with van der Waals surface area (Å²) in [6.45, 7) is 4.04. The Labute approximate surface area is 186 Å². The predicted octanol–water partition coefficient (Wildman–Crippen LogP) is 4.48. The van der Waals surface area contributed by atoms with Crippen LogP contribution in [0.5, 0.6) is 0 Å². The quantitative estimate of drug-likeness (QED) is 0.587. The van der Waals surface area contributed by atoms with Crippen molar-refractivity contribution in [1.29, 1.82) is 5.26 Å². The molecule has 158 valence electrons. The fraction of sp³-hybridized carbons (Fsp3) is 0.409. The average molecular weight is 447 g/mol. The van der Waals surface area contributed by atoms with Crippen LogP contribution < -0.4 is 0 Å². The fourth-order valence-electron chi connectivity index (χ4n) is 3.51. The predicted molar refractivity (Wildman–Crippen MR) is 117 cm³/mol. The molecule has 0 unspecified atom stereocenters. The fourth-order valence-corrected chi connectivity index (χ4v) is 3.94. The second kappa shape index (κ2) is 10.6. The first-order valence-corrected chi connectivity index (χ1v) is 10.7. The lowest BCUT2D eigenvalue weighted by molar-refractivity contribution is -0.130. The van der Waals surface area contributed by atoms with Gasteiger partial charge in [0.25, 0.3) is 0 Å². The van der Waals surface area contributed by atoms with Gasteiger partial charge in [-0.2, -0.15) is 10.4 Å². The largest absolute Gasteiger partial charge is 0.381 e. The van der Waals surface area contributed by atoms with Gasteiger partial charge >= 0.3 is 0 Å². The lowest BCUT2D eigenvalue weighted by Gasteiger charge is -2.33. The number of benzene rings is 1. The number of nitrogens with zero attached hydrogens (tertiary/aromatic N) is 4. The molecule has 1 aromatic carbocycles. The van der Waals surface area contributed by atoms with E-state index < -0.39 is 0 Å². The first-order chi connectivity index (χ1) is 14.5. The van der Waals surface area contributed by atoms with Gasteiger partial charge in [-0.1, -0.05) is 35.3 Å². The van der Waals surface area contributed by atoms with Gasteiger partial charge in [0, 0.05) is 42.5 Å². The van der Waals surface area contributed by atoms with Gasteiger partial charge in [0.1, 0.15) is 5.15 Å². The van der Waals surface area contributed by atoms with Crippen molar-refractivity contribution in [1.82, 2.24) is 14.7 Å². The van der Waals surface area contributed by atoms with Crippen LogP contribution in [0.15, 0.2) is 30.3 Å². The molecule has 0 spiro atoms. The van der Waals surface area contributed by atoms with E-state index in [1.807, 2.05) is 31.2 Å². The normalized spacial score (nSPS) is 14.7. The Kier molecular flexibility index (Phi) is 7.92. The summed E-state index contributed by atoms with van der Waals surface area (Å²) in [4.78, 5) is 14.6. The highest BCUT2D eigenvalue weighted by Gasteiger charge is 2.24. The number of hydrogen-bond donors (Lipinski definition) is 0. The molecule has 3 rings (SSSR count). The van der Waals surface area contributed by atoms with Crippen molar-refractivity contribution in [2.24, 2.45) is 0 Å². The standard InChI is InChI=1S/C22H24Cl2N4O2/c1-16-20(22(24)28(26-16)15-17-3-5-18(23)6-4-17)7-8-21(29)27(12-2-11-25)19-9-13-30-14-10-19/h3-8,19H,2,9-10,12-15H2,1H3/b8-7+. The van der Waals surface area contributed by atoms with Crippen LogP contribution in [0.4, 0.5) is 0 Å². The number of amides is 1. The molecule has 1 aromatic heterocycles. The van der Waals surface area contributed by atoms with Crippen LogP contribution in [-0.2, 0) is 16.1 Å². The van der Waals surface area contributed by atoms with E-state index in [0.717, 1.165) is 24.1 Å². The van der Waals surface area contributed by atoms with Crippen LogP contribution >= 0.6 is 23.2 Å². The monoisotopic (exact) mass is 446 g/mol. The lowest BCUT2D eigenvalue weighted by atomic mass is 10.1. The second-order valence-electron chi connectivity index (χ2n) is 7.19. The molecule has 0 saturated carbocycles. The Morgan fingerprint density at radius 2 is 2.03 bits per heavy atom. The van der Waals surface area contributed by atoms with Crippen LogP contribution in [-0.4, -0.2) is 46.4 Å². The van der Waals surface area contributed by atoms with E-state index in [0.29, 0.717) is 48.5 Å². The summed E-state index contributed by atoms with van der Waals surface area (Å²) in [6, 6.07) is 9.72. The molecule has 30 heavy (non-hydrogen) atoms. The van der Waals surface area contributed by atoms with Crippen molar-refractivity contribution in [3.8, 4) is 6.07 Å². The number of carbonyl (C=O) groups excluding carboxylic acids is 1. The van der Waals surface area contributed by atoms with Crippen LogP contribution in [0.3, 0.4) is 0 Å². The molecule has 0 radical (unpaired) electrons. The van der Waals surface area contributed by atoms with Gasteiger partial charge in [-0.05, 0) is 43.5 Å². The number of hydrogen-bond acceptors (Lipinski definition) is 4. The van der Waals surface area contributed by atoms with E-state index in [4.69, 9.17) is 33.2 Å². The molecule has 2 aromatic rings. The summed E-state index contributed by atoms with van der Waals surface area (Å²) in [5, 5.41) is 14.6. The molecule has 1 fully saturated rings. The molecule has 1 aliphatic rings. The van der Waals surface area contributed by atoms with Crippen molar-refractivity contribution in [3.05, 3.63) is 57.3 Å². The SMILES string of the molecule is Cc1nn(Cc2ccc(Cl)cc2)c(Cl)c1/C=C/C(=O)N(CCC#N)C1CCOCC1. The van der Waals surface area contributed by atoms with E-state index in [9.17, 15) is 4.79 Å². The number of ether oxygens (including phenoxy) is 1. The Morgan fingerprint density at radius 3 is 2.70 bits per heavy atom. The van der Waals surface area contributed by atoms with Crippen molar-refractivity contribution in [2.45, 2.75) is 38.8 Å². The van der Waals surface area contributed by atoms with E-state index in [1.165, 1.54) is 6.08 Å². The number of rotatable bonds is 7. The van der Waals surface area contributed by atoms with Gasteiger partial charge < -0.3 is 9.64 Å². The Bertz CT molecular complexity index is 941. The highest BCUT2D eigenvalue weighted by Crippen LogP contribution is 2.23. The van der Waals surface area contributed by atoms with Gasteiger partial charge in [0.15, 0.2) is 0 Å². The maximum absolute atomic E-state index is 12.9.